The van der Waals surface area contributed by atoms with Crippen molar-refractivity contribution < 1.29 is 23.9 Å². The van der Waals surface area contributed by atoms with E-state index >= 15 is 0 Å². The molecule has 0 aromatic heterocycles. The Morgan fingerprint density at radius 1 is 1.10 bits per heavy atom. The van der Waals surface area contributed by atoms with Crippen LogP contribution in [-0.4, -0.2) is 41.7 Å². The number of methoxy groups -OCH3 is 1. The number of hydrogen-bond acceptors (Lipinski definition) is 6. The molecule has 4 amide bonds. The van der Waals surface area contributed by atoms with E-state index in [0.29, 0.717) is 42.8 Å². The maximum Gasteiger partial charge on any atom is 0.258 e. The lowest BCUT2D eigenvalue weighted by Gasteiger charge is -2.29. The van der Waals surface area contributed by atoms with Crippen molar-refractivity contribution >= 4 is 23.6 Å². The van der Waals surface area contributed by atoms with Gasteiger partial charge in [0.25, 0.3) is 11.8 Å². The first kappa shape index (κ1) is 19.8. The Balaban J connectivity index is 1.50. The van der Waals surface area contributed by atoms with Crippen molar-refractivity contribution in [3.8, 4) is 5.75 Å². The van der Waals surface area contributed by atoms with E-state index in [1.807, 2.05) is 11.0 Å². The fourth-order valence-electron chi connectivity index (χ4n) is 3.92. The number of hydrogen-bond donors (Lipinski definition) is 2. The number of ether oxygens (including phenoxy) is 1. The summed E-state index contributed by atoms with van der Waals surface area (Å²) in [6.07, 6.45) is 0.750. The van der Waals surface area contributed by atoms with E-state index in [4.69, 9.17) is 4.74 Å². The Morgan fingerprint density at radius 2 is 1.90 bits per heavy atom. The van der Waals surface area contributed by atoms with Crippen LogP contribution in [0.15, 0.2) is 42.5 Å². The number of carbonyl (C=O) groups is 4. The van der Waals surface area contributed by atoms with Gasteiger partial charge in [0.1, 0.15) is 5.75 Å². The van der Waals surface area contributed by atoms with Gasteiger partial charge < -0.3 is 4.74 Å². The van der Waals surface area contributed by atoms with Gasteiger partial charge in [-0.1, -0.05) is 18.2 Å². The number of rotatable bonds is 4. The van der Waals surface area contributed by atoms with Crippen molar-refractivity contribution in [3.05, 3.63) is 64.7 Å². The molecular formula is C22H21N3O5. The van der Waals surface area contributed by atoms with E-state index < -0.39 is 17.9 Å². The monoisotopic (exact) mass is 407 g/mol. The average Bonchev–Trinajstić information content (AvgIpc) is 3.17. The molecule has 2 aromatic carbocycles. The zero-order valence-corrected chi connectivity index (χ0v) is 16.4. The van der Waals surface area contributed by atoms with Crippen LogP contribution in [0.1, 0.15) is 44.7 Å². The molecule has 8 heteroatoms. The Labute approximate surface area is 173 Å². The van der Waals surface area contributed by atoms with Gasteiger partial charge in [0.15, 0.2) is 0 Å². The van der Waals surface area contributed by atoms with Gasteiger partial charge in [0, 0.05) is 30.6 Å². The molecule has 2 heterocycles. The molecule has 0 spiro atoms. The van der Waals surface area contributed by atoms with Crippen molar-refractivity contribution in [2.45, 2.75) is 32.0 Å². The first-order valence-corrected chi connectivity index (χ1v) is 9.64. The van der Waals surface area contributed by atoms with E-state index in [9.17, 15) is 19.2 Å². The van der Waals surface area contributed by atoms with E-state index in [-0.39, 0.29) is 11.8 Å². The molecule has 0 bridgehead atoms. The molecule has 0 saturated carbocycles. The first-order valence-electron chi connectivity index (χ1n) is 9.64. The van der Waals surface area contributed by atoms with Crippen LogP contribution in [0.4, 0.5) is 0 Å². The molecule has 0 radical (unpaired) electrons. The number of amides is 4. The lowest BCUT2D eigenvalue weighted by atomic mass is 10.0. The van der Waals surface area contributed by atoms with Gasteiger partial charge in [-0.05, 0) is 41.8 Å². The average molecular weight is 407 g/mol. The maximum absolute atomic E-state index is 12.8. The normalized spacial score (nSPS) is 18.5. The minimum atomic E-state index is -0.517. The highest BCUT2D eigenvalue weighted by Gasteiger charge is 2.36. The fourth-order valence-corrected chi connectivity index (χ4v) is 3.92. The third-order valence-corrected chi connectivity index (χ3v) is 5.46. The second kappa shape index (κ2) is 8.08. The number of imide groups is 2. The van der Waals surface area contributed by atoms with Crippen LogP contribution in [0, 0.1) is 0 Å². The predicted molar refractivity (Wildman–Crippen MR) is 107 cm³/mol. The highest BCUT2D eigenvalue weighted by molar-refractivity contribution is 6.11. The van der Waals surface area contributed by atoms with Gasteiger partial charge in [-0.25, -0.2) is 0 Å². The Kier molecular flexibility index (Phi) is 5.33. The predicted octanol–water partition coefficient (Wildman–Crippen LogP) is 1.39. The number of benzene rings is 2. The SMILES string of the molecule is COc1cccc(C(=O)NC(=O)c2cccc3c2CN(C2CCC(=O)NC2=O)C3)c1. The van der Waals surface area contributed by atoms with Crippen LogP contribution in [0.5, 0.6) is 5.75 Å². The molecule has 8 nitrogen and oxygen atoms in total. The summed E-state index contributed by atoms with van der Waals surface area (Å²) in [6.45, 7) is 0.908. The van der Waals surface area contributed by atoms with Gasteiger partial charge >= 0.3 is 0 Å². The van der Waals surface area contributed by atoms with E-state index in [0.717, 1.165) is 11.1 Å². The minimum Gasteiger partial charge on any atom is -0.497 e. The third kappa shape index (κ3) is 3.81. The summed E-state index contributed by atoms with van der Waals surface area (Å²) in [4.78, 5) is 50.9. The second-order valence-electron chi connectivity index (χ2n) is 7.33. The zero-order chi connectivity index (χ0) is 21.3. The van der Waals surface area contributed by atoms with E-state index in [1.165, 1.54) is 7.11 Å². The highest BCUT2D eigenvalue weighted by atomic mass is 16.5. The number of carbonyl (C=O) groups excluding carboxylic acids is 4. The fraction of sp³-hybridized carbons (Fsp3) is 0.273. The maximum atomic E-state index is 12.8. The molecule has 154 valence electrons. The molecule has 1 fully saturated rings. The summed E-state index contributed by atoms with van der Waals surface area (Å²) in [5, 5.41) is 4.80. The Bertz CT molecular complexity index is 1050. The molecule has 0 aliphatic carbocycles. The van der Waals surface area contributed by atoms with Gasteiger partial charge in [-0.2, -0.15) is 0 Å². The lowest BCUT2D eigenvalue weighted by Crippen LogP contribution is -2.50. The lowest BCUT2D eigenvalue weighted by molar-refractivity contribution is -0.137. The largest absolute Gasteiger partial charge is 0.497 e. The van der Waals surface area contributed by atoms with Crippen molar-refractivity contribution in [3.63, 3.8) is 0 Å². The topological polar surface area (TPSA) is 105 Å². The minimum absolute atomic E-state index is 0.260. The van der Waals surface area contributed by atoms with Crippen molar-refractivity contribution in [2.75, 3.05) is 7.11 Å². The third-order valence-electron chi connectivity index (χ3n) is 5.46. The quantitative estimate of drug-likeness (QED) is 0.742. The van der Waals surface area contributed by atoms with Crippen LogP contribution in [0.2, 0.25) is 0 Å². The number of nitrogens with zero attached hydrogens (tertiary/aromatic N) is 1. The molecule has 1 saturated heterocycles. The van der Waals surface area contributed by atoms with Crippen molar-refractivity contribution in [1.29, 1.82) is 0 Å². The first-order chi connectivity index (χ1) is 14.5. The number of fused-ring (bicyclic) bond motifs is 1. The molecular weight excluding hydrogens is 386 g/mol. The van der Waals surface area contributed by atoms with Crippen LogP contribution in [-0.2, 0) is 22.7 Å². The molecule has 30 heavy (non-hydrogen) atoms. The zero-order valence-electron chi connectivity index (χ0n) is 16.4. The van der Waals surface area contributed by atoms with Crippen LogP contribution in [0.25, 0.3) is 0 Å². The van der Waals surface area contributed by atoms with Crippen LogP contribution >= 0.6 is 0 Å². The van der Waals surface area contributed by atoms with Crippen molar-refractivity contribution in [2.24, 2.45) is 0 Å². The number of nitrogens with one attached hydrogen (secondary N) is 2. The molecule has 2 aromatic rings. The number of piperidine rings is 1. The molecule has 4 rings (SSSR count). The van der Waals surface area contributed by atoms with Crippen LogP contribution < -0.4 is 15.4 Å². The second-order valence-corrected chi connectivity index (χ2v) is 7.33. The van der Waals surface area contributed by atoms with Gasteiger partial charge in [0.05, 0.1) is 13.2 Å². The van der Waals surface area contributed by atoms with E-state index in [1.54, 1.807) is 36.4 Å². The Morgan fingerprint density at radius 3 is 2.67 bits per heavy atom. The molecule has 2 N–H and O–H groups in total. The molecule has 2 aliphatic rings. The molecule has 1 unspecified atom stereocenters. The summed E-state index contributed by atoms with van der Waals surface area (Å²) in [6, 6.07) is 11.5. The van der Waals surface area contributed by atoms with Crippen molar-refractivity contribution in [1.82, 2.24) is 15.5 Å². The summed E-state index contributed by atoms with van der Waals surface area (Å²) in [5.74, 6) is -1.06. The van der Waals surface area contributed by atoms with Crippen LogP contribution in [0.3, 0.4) is 0 Å². The van der Waals surface area contributed by atoms with Gasteiger partial charge in [-0.15, -0.1) is 0 Å². The van der Waals surface area contributed by atoms with E-state index in [2.05, 4.69) is 10.6 Å². The van der Waals surface area contributed by atoms with Gasteiger partial charge in [0.2, 0.25) is 11.8 Å². The highest BCUT2D eigenvalue weighted by Crippen LogP contribution is 2.29. The Hall–Kier alpha value is -3.52. The van der Waals surface area contributed by atoms with Gasteiger partial charge in [-0.3, -0.25) is 34.7 Å². The summed E-state index contributed by atoms with van der Waals surface area (Å²) in [5.41, 5.74) is 2.44. The summed E-state index contributed by atoms with van der Waals surface area (Å²) in [7, 11) is 1.50. The molecule has 2 aliphatic heterocycles. The summed E-state index contributed by atoms with van der Waals surface area (Å²) < 4.78 is 5.12. The summed E-state index contributed by atoms with van der Waals surface area (Å²) >= 11 is 0. The molecule has 1 atom stereocenters. The standard InChI is InChI=1S/C22H21N3O5/c1-30-15-6-2-4-13(10-15)20(27)24-21(28)16-7-3-5-14-11-25(12-17(14)16)18-8-9-19(26)23-22(18)29/h2-7,10,18H,8-9,11-12H2,1H3,(H,23,26,29)(H,24,27,28). The smallest absolute Gasteiger partial charge is 0.258 e.